The third-order valence-electron chi connectivity index (χ3n) is 3.46. The fourth-order valence-electron chi connectivity index (χ4n) is 2.57. The van der Waals surface area contributed by atoms with Gasteiger partial charge in [0.15, 0.2) is 0 Å². The minimum Gasteiger partial charge on any atom is -0.450 e. The molecule has 0 aromatic heterocycles. The Morgan fingerprint density at radius 3 is 2.56 bits per heavy atom. The van der Waals surface area contributed by atoms with Crippen LogP contribution in [0.3, 0.4) is 0 Å². The molecule has 0 saturated carbocycles. The van der Waals surface area contributed by atoms with Crippen molar-refractivity contribution < 1.29 is 9.53 Å². The van der Waals surface area contributed by atoms with Gasteiger partial charge in [0.1, 0.15) is 0 Å². The zero-order valence-corrected chi connectivity index (χ0v) is 12.4. The van der Waals surface area contributed by atoms with Crippen molar-refractivity contribution in [2.75, 3.05) is 19.7 Å². The summed E-state index contributed by atoms with van der Waals surface area (Å²) in [6, 6.07) is 0.636. The Kier molecular flexibility index (Phi) is 5.93. The molecule has 0 aliphatic carbocycles. The molecule has 0 radical (unpaired) electrons. The van der Waals surface area contributed by atoms with E-state index in [0.29, 0.717) is 24.5 Å². The summed E-state index contributed by atoms with van der Waals surface area (Å²) < 4.78 is 5.17. The molecule has 0 bridgehead atoms. The number of rotatable bonds is 4. The van der Waals surface area contributed by atoms with E-state index in [1.165, 1.54) is 0 Å². The number of ether oxygens (including phenoxy) is 1. The Hall–Kier alpha value is -0.770. The Labute approximate surface area is 111 Å². The van der Waals surface area contributed by atoms with Crippen LogP contribution in [0.25, 0.3) is 0 Å². The highest BCUT2D eigenvalue weighted by Gasteiger charge is 2.33. The average Bonchev–Trinajstić information content (AvgIpc) is 2.28. The second kappa shape index (κ2) is 6.98. The second-order valence-electron chi connectivity index (χ2n) is 5.90. The molecule has 1 rings (SSSR count). The molecule has 18 heavy (non-hydrogen) atoms. The third-order valence-corrected chi connectivity index (χ3v) is 3.46. The van der Waals surface area contributed by atoms with Gasteiger partial charge in [0.2, 0.25) is 0 Å². The Bertz CT molecular complexity index is 267. The highest BCUT2D eigenvalue weighted by molar-refractivity contribution is 5.68. The number of carbonyl (C=O) groups is 1. The van der Waals surface area contributed by atoms with Crippen molar-refractivity contribution in [3.63, 3.8) is 0 Å². The highest BCUT2D eigenvalue weighted by Crippen LogP contribution is 2.19. The van der Waals surface area contributed by atoms with E-state index < -0.39 is 0 Å². The van der Waals surface area contributed by atoms with Crippen LogP contribution in [0, 0.1) is 11.8 Å². The summed E-state index contributed by atoms with van der Waals surface area (Å²) in [5.41, 5.74) is 0. The molecule has 2 unspecified atom stereocenters. The molecule has 4 nitrogen and oxygen atoms in total. The lowest BCUT2D eigenvalue weighted by Crippen LogP contribution is -2.60. The van der Waals surface area contributed by atoms with Gasteiger partial charge >= 0.3 is 6.09 Å². The summed E-state index contributed by atoms with van der Waals surface area (Å²) in [6.07, 6.45) is 0.937. The van der Waals surface area contributed by atoms with Crippen molar-refractivity contribution in [2.45, 2.75) is 53.1 Å². The topological polar surface area (TPSA) is 41.6 Å². The number of nitrogens with one attached hydrogen (secondary N) is 1. The summed E-state index contributed by atoms with van der Waals surface area (Å²) in [5.74, 6) is 1.09. The summed E-state index contributed by atoms with van der Waals surface area (Å²) in [6.45, 7) is 12.7. The van der Waals surface area contributed by atoms with Crippen molar-refractivity contribution in [3.05, 3.63) is 0 Å². The molecule has 1 amide bonds. The van der Waals surface area contributed by atoms with Gasteiger partial charge < -0.3 is 15.0 Å². The lowest BCUT2D eigenvalue weighted by atomic mass is 9.95. The summed E-state index contributed by atoms with van der Waals surface area (Å²) in [5, 5.41) is 3.56. The van der Waals surface area contributed by atoms with E-state index in [9.17, 15) is 4.79 Å². The quantitative estimate of drug-likeness (QED) is 0.840. The number of hydrogen-bond donors (Lipinski definition) is 1. The fourth-order valence-corrected chi connectivity index (χ4v) is 2.57. The van der Waals surface area contributed by atoms with Crippen LogP contribution in [0.4, 0.5) is 4.79 Å². The van der Waals surface area contributed by atoms with Crippen LogP contribution < -0.4 is 5.32 Å². The number of amides is 1. The second-order valence-corrected chi connectivity index (χ2v) is 5.90. The monoisotopic (exact) mass is 256 g/mol. The summed E-state index contributed by atoms with van der Waals surface area (Å²) >= 11 is 0. The van der Waals surface area contributed by atoms with Crippen LogP contribution >= 0.6 is 0 Å². The van der Waals surface area contributed by atoms with Gasteiger partial charge in [-0.15, -0.1) is 0 Å². The van der Waals surface area contributed by atoms with Crippen molar-refractivity contribution in [1.82, 2.24) is 10.2 Å². The van der Waals surface area contributed by atoms with Crippen LogP contribution in [-0.4, -0.2) is 42.8 Å². The first-order valence-electron chi connectivity index (χ1n) is 7.12. The molecule has 4 heteroatoms. The van der Waals surface area contributed by atoms with Gasteiger partial charge in [-0.1, -0.05) is 27.7 Å². The molecular formula is C14H28N2O2. The van der Waals surface area contributed by atoms with E-state index in [2.05, 4.69) is 33.0 Å². The van der Waals surface area contributed by atoms with E-state index >= 15 is 0 Å². The molecule has 0 aromatic carbocycles. The van der Waals surface area contributed by atoms with Crippen molar-refractivity contribution in [2.24, 2.45) is 11.8 Å². The van der Waals surface area contributed by atoms with Gasteiger partial charge in [0.25, 0.3) is 0 Å². The van der Waals surface area contributed by atoms with Gasteiger partial charge in [0, 0.05) is 25.2 Å². The predicted molar refractivity (Wildman–Crippen MR) is 73.6 cm³/mol. The zero-order valence-electron chi connectivity index (χ0n) is 12.4. The number of hydrogen-bond acceptors (Lipinski definition) is 3. The van der Waals surface area contributed by atoms with Gasteiger partial charge in [-0.3, -0.25) is 0 Å². The van der Waals surface area contributed by atoms with Gasteiger partial charge in [0.05, 0.1) is 6.61 Å². The maximum Gasteiger partial charge on any atom is 0.410 e. The molecular weight excluding hydrogens is 228 g/mol. The minimum atomic E-state index is -0.161. The van der Waals surface area contributed by atoms with Gasteiger partial charge in [-0.25, -0.2) is 4.79 Å². The molecule has 1 N–H and O–H groups in total. The SMILES string of the molecule is CCOC(=O)N1CC(CC(C)C)NCC1C(C)C. The number of piperazine rings is 1. The maximum atomic E-state index is 12.0. The molecule has 1 aliphatic heterocycles. The minimum absolute atomic E-state index is 0.161. The molecule has 1 fully saturated rings. The lowest BCUT2D eigenvalue weighted by Gasteiger charge is -2.42. The summed E-state index contributed by atoms with van der Waals surface area (Å²) in [4.78, 5) is 13.9. The Balaban J connectivity index is 2.67. The van der Waals surface area contributed by atoms with Crippen molar-refractivity contribution in [3.8, 4) is 0 Å². The zero-order chi connectivity index (χ0) is 13.7. The first kappa shape index (κ1) is 15.3. The Morgan fingerprint density at radius 1 is 1.39 bits per heavy atom. The Morgan fingerprint density at radius 2 is 2.06 bits per heavy atom. The van der Waals surface area contributed by atoms with E-state index in [4.69, 9.17) is 4.74 Å². The molecule has 1 aliphatic rings. The maximum absolute atomic E-state index is 12.0. The molecule has 0 aromatic rings. The van der Waals surface area contributed by atoms with Crippen LogP contribution in [-0.2, 0) is 4.74 Å². The van der Waals surface area contributed by atoms with Gasteiger partial charge in [-0.05, 0) is 25.2 Å². The van der Waals surface area contributed by atoms with Crippen LogP contribution in [0.15, 0.2) is 0 Å². The van der Waals surface area contributed by atoms with Crippen molar-refractivity contribution in [1.29, 1.82) is 0 Å². The van der Waals surface area contributed by atoms with E-state index in [-0.39, 0.29) is 12.1 Å². The van der Waals surface area contributed by atoms with Crippen LogP contribution in [0.5, 0.6) is 0 Å². The molecule has 1 saturated heterocycles. The van der Waals surface area contributed by atoms with E-state index in [0.717, 1.165) is 19.5 Å². The largest absolute Gasteiger partial charge is 0.450 e. The van der Waals surface area contributed by atoms with E-state index in [1.54, 1.807) is 0 Å². The summed E-state index contributed by atoms with van der Waals surface area (Å²) in [7, 11) is 0. The molecule has 106 valence electrons. The normalized spacial score (nSPS) is 24.7. The number of carbonyl (C=O) groups excluding carboxylic acids is 1. The molecule has 2 atom stereocenters. The van der Waals surface area contributed by atoms with Crippen LogP contribution in [0.2, 0.25) is 0 Å². The first-order chi connectivity index (χ1) is 8.45. The van der Waals surface area contributed by atoms with Crippen molar-refractivity contribution >= 4 is 6.09 Å². The predicted octanol–water partition coefficient (Wildman–Crippen LogP) is 2.49. The molecule has 0 spiro atoms. The number of nitrogens with zero attached hydrogens (tertiary/aromatic N) is 1. The molecule has 1 heterocycles. The standard InChI is InChI=1S/C14H28N2O2/c1-6-18-14(17)16-9-12(7-10(2)3)15-8-13(16)11(4)5/h10-13,15H,6-9H2,1-5H3. The van der Waals surface area contributed by atoms with Crippen LogP contribution in [0.1, 0.15) is 41.0 Å². The average molecular weight is 256 g/mol. The fraction of sp³-hybridized carbons (Fsp3) is 0.929. The van der Waals surface area contributed by atoms with Gasteiger partial charge in [-0.2, -0.15) is 0 Å². The first-order valence-corrected chi connectivity index (χ1v) is 7.12. The third kappa shape index (κ3) is 4.16. The smallest absolute Gasteiger partial charge is 0.410 e. The van der Waals surface area contributed by atoms with E-state index in [1.807, 2.05) is 11.8 Å². The lowest BCUT2D eigenvalue weighted by molar-refractivity contribution is 0.0556. The highest BCUT2D eigenvalue weighted by atomic mass is 16.6.